The van der Waals surface area contributed by atoms with Crippen LogP contribution in [0.1, 0.15) is 23.9 Å². The molecule has 14 heavy (non-hydrogen) atoms. The fourth-order valence-corrected chi connectivity index (χ4v) is 2.14. The third-order valence-electron chi connectivity index (χ3n) is 2.99. The Kier molecular flexibility index (Phi) is 1.69. The predicted octanol–water partition coefficient (Wildman–Crippen LogP) is 3.22. The lowest BCUT2D eigenvalue weighted by atomic mass is 10.1. The second kappa shape index (κ2) is 3.02. The molecule has 0 saturated heterocycles. The second-order valence-corrected chi connectivity index (χ2v) is 3.95. The third-order valence-corrected chi connectivity index (χ3v) is 2.99. The van der Waals surface area contributed by atoms with Crippen molar-refractivity contribution in [3.8, 4) is 0 Å². The number of benzene rings is 1. The van der Waals surface area contributed by atoms with Crippen LogP contribution >= 0.6 is 0 Å². The maximum absolute atomic E-state index is 2.32. The van der Waals surface area contributed by atoms with Crippen molar-refractivity contribution < 1.29 is 0 Å². The first-order valence-corrected chi connectivity index (χ1v) is 5.12. The minimum Gasteiger partial charge on any atom is -0.351 e. The van der Waals surface area contributed by atoms with Crippen molar-refractivity contribution in [1.29, 1.82) is 0 Å². The fourth-order valence-electron chi connectivity index (χ4n) is 2.14. The van der Waals surface area contributed by atoms with E-state index in [2.05, 4.69) is 59.4 Å². The molecular formula is C13H13N. The van der Waals surface area contributed by atoms with Crippen LogP contribution in [0.2, 0.25) is 0 Å². The molecule has 1 heteroatoms. The molecule has 2 aromatic rings. The number of hydrogen-bond acceptors (Lipinski definition) is 0. The first kappa shape index (κ1) is 7.86. The van der Waals surface area contributed by atoms with Crippen LogP contribution in [0.5, 0.6) is 0 Å². The van der Waals surface area contributed by atoms with Crippen LogP contribution in [-0.4, -0.2) is 4.57 Å². The van der Waals surface area contributed by atoms with Crippen LogP contribution in [0.4, 0.5) is 0 Å². The Bertz CT molecular complexity index is 402. The van der Waals surface area contributed by atoms with Crippen LogP contribution in [0.25, 0.3) is 0 Å². The van der Waals surface area contributed by atoms with Gasteiger partial charge in [-0.2, -0.15) is 0 Å². The molecule has 0 aliphatic heterocycles. The Balaban J connectivity index is 1.81. The number of rotatable bonds is 2. The minimum atomic E-state index is 0.701. The summed E-state index contributed by atoms with van der Waals surface area (Å²) >= 11 is 0. The van der Waals surface area contributed by atoms with Gasteiger partial charge < -0.3 is 4.57 Å². The highest BCUT2D eigenvalue weighted by atomic mass is 15.0. The van der Waals surface area contributed by atoms with Gasteiger partial charge in [0.1, 0.15) is 0 Å². The lowest BCUT2D eigenvalue weighted by molar-refractivity contribution is 0.722. The first-order valence-electron chi connectivity index (χ1n) is 5.12. The third kappa shape index (κ3) is 1.25. The zero-order valence-electron chi connectivity index (χ0n) is 8.01. The largest absolute Gasteiger partial charge is 0.351 e. The van der Waals surface area contributed by atoms with Gasteiger partial charge in [-0.05, 0) is 24.1 Å². The van der Waals surface area contributed by atoms with Crippen molar-refractivity contribution in [3.63, 3.8) is 0 Å². The molecule has 1 aliphatic carbocycles. The Labute approximate surface area is 84.0 Å². The topological polar surface area (TPSA) is 4.93 Å². The summed E-state index contributed by atoms with van der Waals surface area (Å²) in [5.41, 5.74) is 1.48. The summed E-state index contributed by atoms with van der Waals surface area (Å²) in [5, 5.41) is 0. The smallest absolute Gasteiger partial charge is 0.0406 e. The quantitative estimate of drug-likeness (QED) is 0.673. The highest BCUT2D eigenvalue weighted by molar-refractivity contribution is 5.27. The van der Waals surface area contributed by atoms with Crippen molar-refractivity contribution in [2.75, 3.05) is 0 Å². The Morgan fingerprint density at radius 3 is 2.36 bits per heavy atom. The molecule has 0 spiro atoms. The van der Waals surface area contributed by atoms with Gasteiger partial charge in [0.15, 0.2) is 0 Å². The summed E-state index contributed by atoms with van der Waals surface area (Å²) in [5.74, 6) is 0.739. The molecule has 0 bridgehead atoms. The molecule has 1 aromatic heterocycles. The SMILES string of the molecule is c1ccc(C2CC2n2cccc2)cc1. The standard InChI is InChI=1S/C13H13N/c1-2-6-11(7-3-1)12-10-13(12)14-8-4-5-9-14/h1-9,12-13H,10H2. The molecule has 1 aliphatic rings. The van der Waals surface area contributed by atoms with Crippen molar-refractivity contribution in [3.05, 3.63) is 60.4 Å². The van der Waals surface area contributed by atoms with E-state index in [0.29, 0.717) is 6.04 Å². The van der Waals surface area contributed by atoms with E-state index < -0.39 is 0 Å². The zero-order valence-corrected chi connectivity index (χ0v) is 8.01. The summed E-state index contributed by atoms with van der Waals surface area (Å²) < 4.78 is 2.32. The lowest BCUT2D eigenvalue weighted by Gasteiger charge is -2.01. The molecule has 0 radical (unpaired) electrons. The lowest BCUT2D eigenvalue weighted by Crippen LogP contribution is -1.91. The van der Waals surface area contributed by atoms with Gasteiger partial charge in [-0.1, -0.05) is 30.3 Å². The normalized spacial score (nSPS) is 24.9. The van der Waals surface area contributed by atoms with Gasteiger partial charge in [0.05, 0.1) is 0 Å². The molecule has 1 nitrogen and oxygen atoms in total. The second-order valence-electron chi connectivity index (χ2n) is 3.95. The van der Waals surface area contributed by atoms with Crippen LogP contribution in [0.15, 0.2) is 54.9 Å². The Morgan fingerprint density at radius 1 is 0.929 bits per heavy atom. The predicted molar refractivity (Wildman–Crippen MR) is 57.3 cm³/mol. The van der Waals surface area contributed by atoms with E-state index in [-0.39, 0.29) is 0 Å². The van der Waals surface area contributed by atoms with E-state index >= 15 is 0 Å². The van der Waals surface area contributed by atoms with E-state index in [1.54, 1.807) is 0 Å². The molecule has 70 valence electrons. The Hall–Kier alpha value is -1.50. The fraction of sp³-hybridized carbons (Fsp3) is 0.231. The molecular weight excluding hydrogens is 170 g/mol. The molecule has 1 aromatic carbocycles. The summed E-state index contributed by atoms with van der Waals surface area (Å²) in [6.45, 7) is 0. The Morgan fingerprint density at radius 2 is 1.64 bits per heavy atom. The number of hydrogen-bond donors (Lipinski definition) is 0. The molecule has 3 rings (SSSR count). The molecule has 1 saturated carbocycles. The van der Waals surface area contributed by atoms with Gasteiger partial charge in [0, 0.05) is 24.4 Å². The van der Waals surface area contributed by atoms with E-state index in [1.165, 1.54) is 12.0 Å². The summed E-state index contributed by atoms with van der Waals surface area (Å²) in [6, 6.07) is 15.7. The van der Waals surface area contributed by atoms with Crippen molar-refractivity contribution in [2.45, 2.75) is 18.4 Å². The molecule has 2 atom stereocenters. The molecule has 0 N–H and O–H groups in total. The van der Waals surface area contributed by atoms with E-state index in [4.69, 9.17) is 0 Å². The number of nitrogens with zero attached hydrogens (tertiary/aromatic N) is 1. The van der Waals surface area contributed by atoms with Crippen LogP contribution < -0.4 is 0 Å². The molecule has 1 heterocycles. The van der Waals surface area contributed by atoms with E-state index in [1.807, 2.05) is 0 Å². The van der Waals surface area contributed by atoms with Crippen molar-refractivity contribution in [2.24, 2.45) is 0 Å². The van der Waals surface area contributed by atoms with Crippen LogP contribution in [0.3, 0.4) is 0 Å². The minimum absolute atomic E-state index is 0.701. The summed E-state index contributed by atoms with van der Waals surface area (Å²) in [6.07, 6.45) is 5.61. The van der Waals surface area contributed by atoms with Gasteiger partial charge >= 0.3 is 0 Å². The molecule has 1 fully saturated rings. The average Bonchev–Trinajstić information content (AvgIpc) is 2.87. The maximum atomic E-state index is 2.32. The van der Waals surface area contributed by atoms with E-state index in [0.717, 1.165) is 5.92 Å². The van der Waals surface area contributed by atoms with Gasteiger partial charge in [0.25, 0.3) is 0 Å². The summed E-state index contributed by atoms with van der Waals surface area (Å²) in [7, 11) is 0. The maximum Gasteiger partial charge on any atom is 0.0406 e. The zero-order chi connectivity index (χ0) is 9.38. The van der Waals surface area contributed by atoms with Crippen molar-refractivity contribution >= 4 is 0 Å². The highest BCUT2D eigenvalue weighted by Crippen LogP contribution is 2.51. The summed E-state index contributed by atoms with van der Waals surface area (Å²) in [4.78, 5) is 0. The monoisotopic (exact) mass is 183 g/mol. The van der Waals surface area contributed by atoms with Gasteiger partial charge in [-0.3, -0.25) is 0 Å². The average molecular weight is 183 g/mol. The molecule has 2 unspecified atom stereocenters. The van der Waals surface area contributed by atoms with Crippen LogP contribution in [-0.2, 0) is 0 Å². The first-order chi connectivity index (χ1) is 6.95. The van der Waals surface area contributed by atoms with Gasteiger partial charge in [-0.15, -0.1) is 0 Å². The van der Waals surface area contributed by atoms with Gasteiger partial charge in [-0.25, -0.2) is 0 Å². The highest BCUT2D eigenvalue weighted by Gasteiger charge is 2.38. The van der Waals surface area contributed by atoms with E-state index in [9.17, 15) is 0 Å². The van der Waals surface area contributed by atoms with Crippen LogP contribution in [0, 0.1) is 0 Å². The molecule has 0 amide bonds. The van der Waals surface area contributed by atoms with Crippen molar-refractivity contribution in [1.82, 2.24) is 4.57 Å². The number of aromatic nitrogens is 1. The van der Waals surface area contributed by atoms with Gasteiger partial charge in [0.2, 0.25) is 0 Å².